The number of aromatic carboxylic acids is 1. The number of aliphatic hydroxyl groups is 1. The third-order valence-electron chi connectivity index (χ3n) is 3.09. The van der Waals surface area contributed by atoms with Crippen molar-refractivity contribution in [2.75, 3.05) is 6.61 Å². The van der Waals surface area contributed by atoms with Crippen molar-refractivity contribution in [3.8, 4) is 5.75 Å². The van der Waals surface area contributed by atoms with E-state index >= 15 is 0 Å². The molecule has 104 valence electrons. The van der Waals surface area contributed by atoms with Crippen LogP contribution in [0.4, 0.5) is 0 Å². The number of hydrogen-bond donors (Lipinski definition) is 3. The summed E-state index contributed by atoms with van der Waals surface area (Å²) in [7, 11) is 0. The van der Waals surface area contributed by atoms with Crippen LogP contribution >= 0.6 is 0 Å². The quantitative estimate of drug-likeness (QED) is 0.738. The summed E-state index contributed by atoms with van der Waals surface area (Å²) in [6, 6.07) is 4.34. The fraction of sp³-hybridized carbons (Fsp3) is 0.400. The molecule has 1 aromatic carbocycles. The van der Waals surface area contributed by atoms with Crippen molar-refractivity contribution in [2.24, 2.45) is 5.92 Å². The van der Waals surface area contributed by atoms with Crippen LogP contribution in [0.2, 0.25) is 0 Å². The smallest absolute Gasteiger partial charge is 0.335 e. The number of phenols is 1. The first-order valence-electron chi connectivity index (χ1n) is 6.30. The monoisotopic (exact) mass is 264 g/mol. The van der Waals surface area contributed by atoms with Gasteiger partial charge in [0.15, 0.2) is 0 Å². The second-order valence-corrected chi connectivity index (χ2v) is 4.79. The Balaban J connectivity index is 2.79. The van der Waals surface area contributed by atoms with Crippen molar-refractivity contribution in [1.29, 1.82) is 0 Å². The van der Waals surface area contributed by atoms with Crippen molar-refractivity contribution < 1.29 is 20.1 Å². The molecule has 0 spiro atoms. The Morgan fingerprint density at radius 3 is 2.63 bits per heavy atom. The Hall–Kier alpha value is -1.81. The van der Waals surface area contributed by atoms with Gasteiger partial charge in [-0.15, -0.1) is 0 Å². The number of carbonyl (C=O) groups is 1. The number of allylic oxidation sites excluding steroid dienone is 2. The van der Waals surface area contributed by atoms with Gasteiger partial charge in [0.25, 0.3) is 0 Å². The molecule has 0 saturated heterocycles. The summed E-state index contributed by atoms with van der Waals surface area (Å²) in [6.45, 7) is 4.02. The standard InChI is InChI=1S/C15H20O4/c1-10(9-16)4-3-5-11(2)13-7-6-12(15(18)19)8-14(13)17/h5-8,10,16-17H,3-4,9H2,1-2H3,(H,18,19)/b11-5+. The summed E-state index contributed by atoms with van der Waals surface area (Å²) >= 11 is 0. The molecule has 0 amide bonds. The molecule has 0 saturated carbocycles. The molecule has 19 heavy (non-hydrogen) atoms. The van der Waals surface area contributed by atoms with Crippen molar-refractivity contribution in [1.82, 2.24) is 0 Å². The molecule has 4 nitrogen and oxygen atoms in total. The predicted octanol–water partition coefficient (Wildman–Crippen LogP) is 2.90. The molecule has 4 heteroatoms. The molecule has 0 radical (unpaired) electrons. The van der Waals surface area contributed by atoms with Gasteiger partial charge in [0.2, 0.25) is 0 Å². The molecule has 1 rings (SSSR count). The highest BCUT2D eigenvalue weighted by molar-refractivity contribution is 5.89. The number of aliphatic hydroxyl groups excluding tert-OH is 1. The zero-order valence-electron chi connectivity index (χ0n) is 11.3. The van der Waals surface area contributed by atoms with Crippen LogP contribution in [0.15, 0.2) is 24.3 Å². The number of benzene rings is 1. The van der Waals surface area contributed by atoms with Crippen molar-refractivity contribution in [3.05, 3.63) is 35.4 Å². The Morgan fingerprint density at radius 2 is 2.11 bits per heavy atom. The summed E-state index contributed by atoms with van der Waals surface area (Å²) in [4.78, 5) is 10.8. The van der Waals surface area contributed by atoms with Crippen LogP contribution < -0.4 is 0 Å². The fourth-order valence-corrected chi connectivity index (χ4v) is 1.78. The molecule has 0 bridgehead atoms. The topological polar surface area (TPSA) is 77.8 Å². The van der Waals surface area contributed by atoms with E-state index in [-0.39, 0.29) is 23.8 Å². The van der Waals surface area contributed by atoms with Gasteiger partial charge in [0.1, 0.15) is 5.75 Å². The van der Waals surface area contributed by atoms with Crippen molar-refractivity contribution in [2.45, 2.75) is 26.7 Å². The van der Waals surface area contributed by atoms with Gasteiger partial charge in [-0.25, -0.2) is 4.79 Å². The van der Waals surface area contributed by atoms with Crippen LogP contribution in [0, 0.1) is 5.92 Å². The van der Waals surface area contributed by atoms with Gasteiger partial charge in [0, 0.05) is 12.2 Å². The maximum absolute atomic E-state index is 10.8. The second-order valence-electron chi connectivity index (χ2n) is 4.79. The van der Waals surface area contributed by atoms with Crippen LogP contribution in [0.5, 0.6) is 5.75 Å². The largest absolute Gasteiger partial charge is 0.507 e. The second kappa shape index (κ2) is 6.95. The van der Waals surface area contributed by atoms with Crippen LogP contribution in [0.1, 0.15) is 42.6 Å². The normalized spacial score (nSPS) is 13.3. The predicted molar refractivity (Wildman–Crippen MR) is 74.2 cm³/mol. The maximum Gasteiger partial charge on any atom is 0.335 e. The Kier molecular flexibility index (Phi) is 5.57. The van der Waals surface area contributed by atoms with E-state index in [1.54, 1.807) is 6.07 Å². The first-order valence-corrected chi connectivity index (χ1v) is 6.30. The zero-order valence-corrected chi connectivity index (χ0v) is 11.3. The third kappa shape index (κ3) is 4.41. The Bertz CT molecular complexity index is 477. The summed E-state index contributed by atoms with van der Waals surface area (Å²) in [5, 5.41) is 27.6. The van der Waals surface area contributed by atoms with Crippen molar-refractivity contribution in [3.63, 3.8) is 0 Å². The van der Waals surface area contributed by atoms with E-state index in [0.29, 0.717) is 5.56 Å². The summed E-state index contributed by atoms with van der Waals surface area (Å²) in [6.07, 6.45) is 3.68. The fourth-order valence-electron chi connectivity index (χ4n) is 1.78. The van der Waals surface area contributed by atoms with E-state index in [1.165, 1.54) is 12.1 Å². The molecule has 3 N–H and O–H groups in total. The minimum absolute atomic E-state index is 0.0242. The minimum atomic E-state index is -1.06. The van der Waals surface area contributed by atoms with Gasteiger partial charge in [-0.2, -0.15) is 0 Å². The molecule has 0 aromatic heterocycles. The number of carboxylic acid groups (broad SMARTS) is 1. The van der Waals surface area contributed by atoms with Gasteiger partial charge in [0.05, 0.1) is 5.56 Å². The van der Waals surface area contributed by atoms with Crippen LogP contribution in [-0.4, -0.2) is 27.9 Å². The molecule has 0 aliphatic rings. The molecular weight excluding hydrogens is 244 g/mol. The van der Waals surface area contributed by atoms with Crippen LogP contribution in [0.25, 0.3) is 5.57 Å². The Morgan fingerprint density at radius 1 is 1.42 bits per heavy atom. The van der Waals surface area contributed by atoms with Gasteiger partial charge >= 0.3 is 5.97 Å². The lowest BCUT2D eigenvalue weighted by atomic mass is 10.0. The van der Waals surface area contributed by atoms with Gasteiger partial charge in [-0.1, -0.05) is 19.1 Å². The summed E-state index contributed by atoms with van der Waals surface area (Å²) < 4.78 is 0. The molecule has 1 aromatic rings. The lowest BCUT2D eigenvalue weighted by Crippen LogP contribution is -1.99. The molecule has 0 aliphatic heterocycles. The summed E-state index contributed by atoms with van der Waals surface area (Å²) in [5.41, 5.74) is 1.61. The van der Waals surface area contributed by atoms with Crippen molar-refractivity contribution >= 4 is 11.5 Å². The lowest BCUT2D eigenvalue weighted by Gasteiger charge is -2.08. The first-order chi connectivity index (χ1) is 8.95. The molecule has 0 aliphatic carbocycles. The third-order valence-corrected chi connectivity index (χ3v) is 3.09. The molecule has 0 heterocycles. The number of phenolic OH excluding ortho intramolecular Hbond substituents is 1. The number of aromatic hydroxyl groups is 1. The van der Waals surface area contributed by atoms with Gasteiger partial charge in [-0.3, -0.25) is 0 Å². The molecule has 1 unspecified atom stereocenters. The average Bonchev–Trinajstić information content (AvgIpc) is 2.37. The first kappa shape index (κ1) is 15.2. The van der Waals surface area contributed by atoms with Gasteiger partial charge in [-0.05, 0) is 43.4 Å². The van der Waals surface area contributed by atoms with E-state index in [4.69, 9.17) is 10.2 Å². The van der Waals surface area contributed by atoms with Crippen LogP contribution in [0.3, 0.4) is 0 Å². The molecule has 1 atom stereocenters. The Labute approximate surface area is 113 Å². The minimum Gasteiger partial charge on any atom is -0.507 e. The highest BCUT2D eigenvalue weighted by Gasteiger charge is 2.08. The highest BCUT2D eigenvalue weighted by atomic mass is 16.4. The number of rotatable bonds is 6. The number of carboxylic acids is 1. The average molecular weight is 264 g/mol. The van der Waals surface area contributed by atoms with E-state index < -0.39 is 5.97 Å². The van der Waals surface area contributed by atoms with Gasteiger partial charge < -0.3 is 15.3 Å². The van der Waals surface area contributed by atoms with E-state index in [2.05, 4.69) is 0 Å². The number of hydrogen-bond acceptors (Lipinski definition) is 3. The SMILES string of the molecule is C/C(=C\CCC(C)CO)c1ccc(C(=O)O)cc1O. The van der Waals surface area contributed by atoms with E-state index in [9.17, 15) is 9.90 Å². The van der Waals surface area contributed by atoms with E-state index in [1.807, 2.05) is 19.9 Å². The lowest BCUT2D eigenvalue weighted by molar-refractivity contribution is 0.0696. The molecular formula is C15H20O4. The summed E-state index contributed by atoms with van der Waals surface area (Å²) in [5.74, 6) is -0.823. The maximum atomic E-state index is 10.8. The zero-order chi connectivity index (χ0) is 14.4. The van der Waals surface area contributed by atoms with Crippen LogP contribution in [-0.2, 0) is 0 Å². The van der Waals surface area contributed by atoms with E-state index in [0.717, 1.165) is 18.4 Å². The highest BCUT2D eigenvalue weighted by Crippen LogP contribution is 2.26. The molecule has 0 fully saturated rings.